The first-order valence-corrected chi connectivity index (χ1v) is 4.12. The van der Waals surface area contributed by atoms with Crippen molar-refractivity contribution in [2.24, 2.45) is 0 Å². The van der Waals surface area contributed by atoms with Crippen LogP contribution in [0.4, 0.5) is 17.6 Å². The smallest absolute Gasteiger partial charge is 0.547 e. The molecule has 0 aliphatic heterocycles. The third kappa shape index (κ3) is 112. The quantitative estimate of drug-likeness (QED) is 0.386. The molecule has 0 fully saturated rings. The summed E-state index contributed by atoms with van der Waals surface area (Å²) in [7, 11) is 0. The molecule has 0 atom stereocenters. The number of aliphatic carboxylic acids is 4. The molecule has 0 radical (unpaired) electrons. The van der Waals surface area contributed by atoms with Crippen LogP contribution in [0.3, 0.4) is 0 Å². The van der Waals surface area contributed by atoms with E-state index in [1.54, 1.807) is 0 Å². The Balaban J connectivity index is -0.0000000533. The fourth-order valence-electron chi connectivity index (χ4n) is 0. The van der Waals surface area contributed by atoms with Crippen LogP contribution in [0.15, 0.2) is 0 Å². The Kier molecular flexibility index (Phi) is 41.8. The minimum atomic E-state index is -1.66. The van der Waals surface area contributed by atoms with Crippen molar-refractivity contribution < 1.29 is 98.9 Å². The second-order valence-electron chi connectivity index (χ2n) is 2.02. The maximum atomic E-state index is 10.5. The SMILES string of the molecule is O=C([O-])CF.O=C([O-])CF.O=C([O-])CF.O=C([O-])CF.[Ce+4]. The Morgan fingerprint density at radius 2 is 0.571 bits per heavy atom. The van der Waals surface area contributed by atoms with Crippen molar-refractivity contribution in [3.05, 3.63) is 0 Å². The van der Waals surface area contributed by atoms with Gasteiger partial charge in [0.05, 0.1) is 23.9 Å². The largest absolute Gasteiger partial charge is 4.00 e. The summed E-state index contributed by atoms with van der Waals surface area (Å²) >= 11 is 0. The number of carboxylic acids is 4. The molecule has 0 N–H and O–H groups in total. The number of carboxylic acid groups (broad SMARTS) is 4. The van der Waals surface area contributed by atoms with Crippen molar-refractivity contribution in [3.63, 3.8) is 0 Å². The summed E-state index contributed by atoms with van der Waals surface area (Å²) in [5.74, 6) is -6.65. The summed E-state index contributed by atoms with van der Waals surface area (Å²) < 4.78 is 41.8. The molecule has 0 amide bonds. The molecule has 0 aliphatic rings. The predicted octanol–water partition coefficient (Wildman–Crippen LogP) is -5.18. The summed E-state index contributed by atoms with van der Waals surface area (Å²) in [6.45, 7) is -5.56. The van der Waals surface area contributed by atoms with E-state index in [1.807, 2.05) is 0 Å². The molecule has 0 saturated carbocycles. The van der Waals surface area contributed by atoms with Gasteiger partial charge in [-0.15, -0.1) is 0 Å². The monoisotopic (exact) mass is 448 g/mol. The van der Waals surface area contributed by atoms with E-state index < -0.39 is 50.6 Å². The molecule has 0 spiro atoms. The van der Waals surface area contributed by atoms with Gasteiger partial charge < -0.3 is 39.6 Å². The molecular formula is C8H8CeF4O8. The molecule has 8 nitrogen and oxygen atoms in total. The van der Waals surface area contributed by atoms with Gasteiger partial charge in [0.25, 0.3) is 0 Å². The third-order valence-electron chi connectivity index (χ3n) is 0.436. The van der Waals surface area contributed by atoms with Gasteiger partial charge in [0.1, 0.15) is 26.7 Å². The van der Waals surface area contributed by atoms with Crippen molar-refractivity contribution >= 4 is 23.9 Å². The van der Waals surface area contributed by atoms with Crippen LogP contribution < -0.4 is 20.4 Å². The zero-order valence-corrected chi connectivity index (χ0v) is 13.2. The molecule has 0 aromatic carbocycles. The van der Waals surface area contributed by atoms with Crippen molar-refractivity contribution in [1.29, 1.82) is 0 Å². The molecule has 13 heteroatoms. The van der Waals surface area contributed by atoms with Crippen molar-refractivity contribution in [3.8, 4) is 0 Å². The zero-order chi connectivity index (χ0) is 17.1. The molecule has 0 aliphatic carbocycles. The first-order valence-electron chi connectivity index (χ1n) is 4.12. The Labute approximate surface area is 149 Å². The molecule has 21 heavy (non-hydrogen) atoms. The Morgan fingerprint density at radius 3 is 0.571 bits per heavy atom. The van der Waals surface area contributed by atoms with Crippen LogP contribution in [0.25, 0.3) is 0 Å². The minimum absolute atomic E-state index is 0. The number of carbonyl (C=O) groups excluding carboxylic acids is 4. The fraction of sp³-hybridized carbons (Fsp3) is 0.500. The van der Waals surface area contributed by atoms with Gasteiger partial charge in [0.15, 0.2) is 0 Å². The Hall–Kier alpha value is -1.02. The summed E-state index contributed by atoms with van der Waals surface area (Å²) in [5.41, 5.74) is 0. The molecule has 0 unspecified atom stereocenters. The van der Waals surface area contributed by atoms with Gasteiger partial charge in [-0.2, -0.15) is 0 Å². The summed E-state index contributed by atoms with van der Waals surface area (Å²) in [4.78, 5) is 35.5. The molecule has 120 valence electrons. The van der Waals surface area contributed by atoms with E-state index in [1.165, 1.54) is 0 Å². The van der Waals surface area contributed by atoms with Gasteiger partial charge in [-0.3, -0.25) is 0 Å². The second kappa shape index (κ2) is 27.3. The first kappa shape index (κ1) is 32.1. The molecule has 0 rings (SSSR count). The van der Waals surface area contributed by atoms with Gasteiger partial charge in [-0.05, 0) is 0 Å². The van der Waals surface area contributed by atoms with Crippen LogP contribution in [0.2, 0.25) is 0 Å². The van der Waals surface area contributed by atoms with Crippen LogP contribution in [0.1, 0.15) is 0 Å². The van der Waals surface area contributed by atoms with E-state index >= 15 is 0 Å². The number of alkyl halides is 4. The molecule has 0 aromatic rings. The number of rotatable bonds is 4. The van der Waals surface area contributed by atoms with Crippen LogP contribution >= 0.6 is 0 Å². The van der Waals surface area contributed by atoms with E-state index in [4.69, 9.17) is 39.6 Å². The van der Waals surface area contributed by atoms with E-state index in [2.05, 4.69) is 0 Å². The molecule has 0 aromatic heterocycles. The maximum Gasteiger partial charge on any atom is 4.00 e. The third-order valence-corrected chi connectivity index (χ3v) is 0.436. The molecule has 0 heterocycles. The van der Waals surface area contributed by atoms with Crippen LogP contribution in [0, 0.1) is 41.7 Å². The number of hydrogen-bond acceptors (Lipinski definition) is 8. The first-order chi connectivity index (χ1) is 9.08. The van der Waals surface area contributed by atoms with Crippen molar-refractivity contribution in [1.82, 2.24) is 0 Å². The predicted molar refractivity (Wildman–Crippen MR) is 43.9 cm³/mol. The van der Waals surface area contributed by atoms with E-state index in [0.29, 0.717) is 0 Å². The molecule has 0 saturated heterocycles. The second-order valence-corrected chi connectivity index (χ2v) is 2.02. The molecular weight excluding hydrogens is 440 g/mol. The Morgan fingerprint density at radius 1 is 0.524 bits per heavy atom. The minimum Gasteiger partial charge on any atom is -0.547 e. The fourth-order valence-corrected chi connectivity index (χ4v) is 0. The molecule has 0 bridgehead atoms. The van der Waals surface area contributed by atoms with Crippen molar-refractivity contribution in [2.45, 2.75) is 0 Å². The van der Waals surface area contributed by atoms with Gasteiger partial charge in [-0.25, -0.2) is 17.6 Å². The van der Waals surface area contributed by atoms with Gasteiger partial charge in [-0.1, -0.05) is 0 Å². The number of halogens is 4. The Bertz CT molecular complexity index is 233. The standard InChI is InChI=1S/4C2H3FO2.Ce/c4*3-1-2(4)5;/h4*1H2,(H,4,5);/q;;;;+4/p-4. The summed E-state index contributed by atoms with van der Waals surface area (Å²) in [5, 5.41) is 35.5. The van der Waals surface area contributed by atoms with E-state index in [9.17, 15) is 17.6 Å². The number of hydrogen-bond donors (Lipinski definition) is 0. The van der Waals surface area contributed by atoms with Gasteiger partial charge in [0, 0.05) is 0 Å². The van der Waals surface area contributed by atoms with E-state index in [0.717, 1.165) is 0 Å². The van der Waals surface area contributed by atoms with Gasteiger partial charge in [0.2, 0.25) is 0 Å². The van der Waals surface area contributed by atoms with Crippen molar-refractivity contribution in [2.75, 3.05) is 26.7 Å². The average Bonchev–Trinajstić information content (AvgIpc) is 2.40. The van der Waals surface area contributed by atoms with E-state index in [-0.39, 0.29) is 41.7 Å². The topological polar surface area (TPSA) is 161 Å². The summed E-state index contributed by atoms with van der Waals surface area (Å²) in [6, 6.07) is 0. The summed E-state index contributed by atoms with van der Waals surface area (Å²) in [6.07, 6.45) is 0. The number of carbonyl (C=O) groups is 4. The normalized spacial score (nSPS) is 7.05. The average molecular weight is 448 g/mol. The van der Waals surface area contributed by atoms with Crippen LogP contribution in [-0.4, -0.2) is 50.6 Å². The van der Waals surface area contributed by atoms with Gasteiger partial charge >= 0.3 is 41.7 Å². The maximum absolute atomic E-state index is 10.5. The van der Waals surface area contributed by atoms with Crippen LogP contribution in [0.5, 0.6) is 0 Å². The van der Waals surface area contributed by atoms with Crippen LogP contribution in [-0.2, 0) is 19.2 Å². The zero-order valence-electron chi connectivity index (χ0n) is 10.1.